The number of benzene rings is 2. The molecule has 0 aliphatic rings. The molecule has 0 amide bonds. The third kappa shape index (κ3) is 9.37. The summed E-state index contributed by atoms with van der Waals surface area (Å²) < 4.78 is 0. The SMILES string of the molecule is C=CC=C.C=Cc1ccccc1C.c1ccccc1. The smallest absolute Gasteiger partial charge is 0.0233 e. The largest absolute Gasteiger partial charge is 0.0991 e. The van der Waals surface area contributed by atoms with Gasteiger partial charge in [-0.05, 0) is 18.1 Å². The molecule has 0 spiro atoms. The van der Waals surface area contributed by atoms with E-state index in [4.69, 9.17) is 0 Å². The third-order valence-corrected chi connectivity index (χ3v) is 2.24. The van der Waals surface area contributed by atoms with E-state index in [0.717, 1.165) is 0 Å². The second-order valence-electron chi connectivity index (χ2n) is 3.69. The van der Waals surface area contributed by atoms with Crippen molar-refractivity contribution in [2.75, 3.05) is 0 Å². The molecule has 2 aromatic rings. The molecule has 19 heavy (non-hydrogen) atoms. The zero-order valence-electron chi connectivity index (χ0n) is 11.6. The van der Waals surface area contributed by atoms with Crippen molar-refractivity contribution < 1.29 is 0 Å². The van der Waals surface area contributed by atoms with Crippen LogP contribution in [0.2, 0.25) is 0 Å². The van der Waals surface area contributed by atoms with Gasteiger partial charge < -0.3 is 0 Å². The van der Waals surface area contributed by atoms with Crippen LogP contribution in [0.1, 0.15) is 11.1 Å². The second-order valence-corrected chi connectivity index (χ2v) is 3.69. The highest BCUT2D eigenvalue weighted by Crippen LogP contribution is 2.06. The van der Waals surface area contributed by atoms with Crippen molar-refractivity contribution in [3.8, 4) is 0 Å². The minimum Gasteiger partial charge on any atom is -0.0991 e. The Labute approximate surface area is 117 Å². The third-order valence-electron chi connectivity index (χ3n) is 2.24. The summed E-state index contributed by atoms with van der Waals surface area (Å²) in [5.74, 6) is 0. The lowest BCUT2D eigenvalue weighted by Crippen LogP contribution is -1.75. The quantitative estimate of drug-likeness (QED) is 0.601. The normalized spacial score (nSPS) is 7.84. The van der Waals surface area contributed by atoms with Crippen LogP contribution >= 0.6 is 0 Å². The lowest BCUT2D eigenvalue weighted by atomic mass is 10.1. The Morgan fingerprint density at radius 3 is 1.37 bits per heavy atom. The fraction of sp³-hybridized carbons (Fsp3) is 0.0526. The number of allylic oxidation sites excluding steroid dienone is 2. The van der Waals surface area contributed by atoms with Crippen LogP contribution in [-0.4, -0.2) is 0 Å². The van der Waals surface area contributed by atoms with E-state index in [1.54, 1.807) is 12.2 Å². The predicted molar refractivity (Wildman–Crippen MR) is 88.1 cm³/mol. The van der Waals surface area contributed by atoms with Gasteiger partial charge in [0.15, 0.2) is 0 Å². The van der Waals surface area contributed by atoms with E-state index in [9.17, 15) is 0 Å². The maximum Gasteiger partial charge on any atom is -0.0233 e. The Bertz CT molecular complexity index is 434. The molecule has 0 aliphatic heterocycles. The Kier molecular flexibility index (Phi) is 10.6. The predicted octanol–water partition coefficient (Wildman–Crippen LogP) is 5.68. The monoisotopic (exact) mass is 250 g/mol. The number of hydrogen-bond donors (Lipinski definition) is 0. The zero-order chi connectivity index (χ0) is 14.3. The van der Waals surface area contributed by atoms with Crippen LogP contribution in [0.25, 0.3) is 6.08 Å². The highest BCUT2D eigenvalue weighted by atomic mass is 13.9. The van der Waals surface area contributed by atoms with Gasteiger partial charge in [0.05, 0.1) is 0 Å². The molecule has 98 valence electrons. The van der Waals surface area contributed by atoms with Crippen molar-refractivity contribution in [3.63, 3.8) is 0 Å². The van der Waals surface area contributed by atoms with Crippen LogP contribution in [0.4, 0.5) is 0 Å². The summed E-state index contributed by atoms with van der Waals surface area (Å²) in [6.07, 6.45) is 5.15. The summed E-state index contributed by atoms with van der Waals surface area (Å²) >= 11 is 0. The number of aryl methyl sites for hydroxylation is 1. The first-order valence-electron chi connectivity index (χ1n) is 6.17. The van der Waals surface area contributed by atoms with Crippen molar-refractivity contribution in [3.05, 3.63) is 104 Å². The van der Waals surface area contributed by atoms with E-state index in [0.29, 0.717) is 0 Å². The standard InChI is InChI=1S/C9H10.C6H6.C4H6/c1-3-9-7-5-4-6-8(9)2;1-2-4-6-5-3-1;1-3-4-2/h3-7H,1H2,2H3;1-6H;3-4H,1-2H2. The Balaban J connectivity index is 0.000000281. The van der Waals surface area contributed by atoms with Crippen molar-refractivity contribution in [1.29, 1.82) is 0 Å². The van der Waals surface area contributed by atoms with E-state index in [1.807, 2.05) is 54.6 Å². The van der Waals surface area contributed by atoms with E-state index in [1.165, 1.54) is 11.1 Å². The van der Waals surface area contributed by atoms with Crippen molar-refractivity contribution in [2.24, 2.45) is 0 Å². The summed E-state index contributed by atoms with van der Waals surface area (Å²) in [6.45, 7) is 12.5. The highest BCUT2D eigenvalue weighted by molar-refractivity contribution is 5.50. The van der Waals surface area contributed by atoms with Crippen molar-refractivity contribution >= 4 is 6.08 Å². The molecule has 0 fully saturated rings. The van der Waals surface area contributed by atoms with Crippen LogP contribution in [0.3, 0.4) is 0 Å². The molecule has 2 rings (SSSR count). The first-order valence-corrected chi connectivity index (χ1v) is 6.17. The lowest BCUT2D eigenvalue weighted by Gasteiger charge is -1.95. The Morgan fingerprint density at radius 1 is 0.684 bits per heavy atom. The molecule has 0 saturated carbocycles. The minimum absolute atomic E-state index is 1.22. The highest BCUT2D eigenvalue weighted by Gasteiger charge is 1.86. The van der Waals surface area contributed by atoms with Gasteiger partial charge in [0.1, 0.15) is 0 Å². The van der Waals surface area contributed by atoms with Crippen molar-refractivity contribution in [1.82, 2.24) is 0 Å². The van der Waals surface area contributed by atoms with Crippen LogP contribution in [0.15, 0.2) is 92.6 Å². The first kappa shape index (κ1) is 16.7. The van der Waals surface area contributed by atoms with Gasteiger partial charge in [0.25, 0.3) is 0 Å². The van der Waals surface area contributed by atoms with Gasteiger partial charge in [0, 0.05) is 0 Å². The fourth-order valence-corrected chi connectivity index (χ4v) is 1.20. The first-order chi connectivity index (χ1) is 9.26. The van der Waals surface area contributed by atoms with Gasteiger partial charge in [-0.3, -0.25) is 0 Å². The van der Waals surface area contributed by atoms with E-state index in [-0.39, 0.29) is 0 Å². The molecule has 0 N–H and O–H groups in total. The molecule has 0 unspecified atom stereocenters. The van der Waals surface area contributed by atoms with Gasteiger partial charge in [-0.2, -0.15) is 0 Å². The number of rotatable bonds is 2. The summed E-state index contributed by atoms with van der Waals surface area (Å²) in [4.78, 5) is 0. The molecular weight excluding hydrogens is 228 g/mol. The molecule has 0 aromatic heterocycles. The molecule has 0 heterocycles. The van der Waals surface area contributed by atoms with Gasteiger partial charge >= 0.3 is 0 Å². The molecule has 0 radical (unpaired) electrons. The van der Waals surface area contributed by atoms with Crippen molar-refractivity contribution in [2.45, 2.75) is 6.92 Å². The summed E-state index contributed by atoms with van der Waals surface area (Å²) in [5, 5.41) is 0. The van der Waals surface area contributed by atoms with Gasteiger partial charge in [-0.15, -0.1) is 0 Å². The summed E-state index contributed by atoms with van der Waals surface area (Å²) in [5.41, 5.74) is 2.50. The Hall–Kier alpha value is -2.34. The molecular formula is C19H22. The maximum absolute atomic E-state index is 3.69. The average molecular weight is 250 g/mol. The maximum atomic E-state index is 3.69. The molecule has 0 heteroatoms. The average Bonchev–Trinajstić information content (AvgIpc) is 2.50. The molecule has 0 nitrogen and oxygen atoms in total. The van der Waals surface area contributed by atoms with Gasteiger partial charge in [-0.25, -0.2) is 0 Å². The topological polar surface area (TPSA) is 0 Å². The number of hydrogen-bond acceptors (Lipinski definition) is 0. The van der Waals surface area contributed by atoms with Crippen LogP contribution in [0, 0.1) is 6.92 Å². The molecule has 2 aromatic carbocycles. The van der Waals surface area contributed by atoms with E-state index >= 15 is 0 Å². The Morgan fingerprint density at radius 2 is 1.11 bits per heavy atom. The fourth-order valence-electron chi connectivity index (χ4n) is 1.20. The van der Waals surface area contributed by atoms with E-state index < -0.39 is 0 Å². The minimum atomic E-state index is 1.22. The van der Waals surface area contributed by atoms with Crippen LogP contribution in [-0.2, 0) is 0 Å². The molecule has 0 bridgehead atoms. The van der Waals surface area contributed by atoms with Crippen LogP contribution in [0.5, 0.6) is 0 Å². The summed E-state index contributed by atoms with van der Waals surface area (Å²) in [7, 11) is 0. The molecule has 0 saturated heterocycles. The van der Waals surface area contributed by atoms with E-state index in [2.05, 4.69) is 38.8 Å². The molecule has 0 atom stereocenters. The molecule has 0 aliphatic carbocycles. The van der Waals surface area contributed by atoms with Gasteiger partial charge in [0.2, 0.25) is 0 Å². The van der Waals surface area contributed by atoms with Gasteiger partial charge in [-0.1, -0.05) is 98.6 Å². The zero-order valence-corrected chi connectivity index (χ0v) is 11.6. The lowest BCUT2D eigenvalue weighted by molar-refractivity contribution is 1.45. The van der Waals surface area contributed by atoms with Crippen LogP contribution < -0.4 is 0 Å². The summed E-state index contributed by atoms with van der Waals surface area (Å²) in [6, 6.07) is 20.2. The second kappa shape index (κ2) is 12.1.